The van der Waals surface area contributed by atoms with Gasteiger partial charge in [0.15, 0.2) is 25.2 Å². The highest BCUT2D eigenvalue weighted by molar-refractivity contribution is 5.29. The van der Waals surface area contributed by atoms with Gasteiger partial charge >= 0.3 is 0 Å². The summed E-state index contributed by atoms with van der Waals surface area (Å²) >= 11 is 0. The Morgan fingerprint density at radius 1 is 0.648 bits per heavy atom. The zero-order valence-electron chi connectivity index (χ0n) is 40.8. The van der Waals surface area contributed by atoms with Crippen LogP contribution in [0.15, 0.2) is 23.8 Å². The average molecular weight is 1020 g/mol. The minimum absolute atomic E-state index is 0.00351. The Hall–Kier alpha value is -1.40. The van der Waals surface area contributed by atoms with Crippen LogP contribution < -0.4 is 0 Å². The topological polar surface area (TPSA) is 335 Å². The number of fused-ring (bicyclic) bond motifs is 7. The molecule has 22 heteroatoms. The first-order chi connectivity index (χ1) is 33.5. The number of ether oxygens (including phenoxy) is 10. The number of hydrogen-bond donors (Lipinski definition) is 12. The van der Waals surface area contributed by atoms with Crippen LogP contribution in [0.1, 0.15) is 73.1 Å². The molecule has 31 atom stereocenters. The average Bonchev–Trinajstić information content (AvgIpc) is 3.79. The highest BCUT2D eigenvalue weighted by Crippen LogP contribution is 2.71. The van der Waals surface area contributed by atoms with E-state index in [0.29, 0.717) is 18.4 Å². The van der Waals surface area contributed by atoms with Crippen LogP contribution in [0.5, 0.6) is 0 Å². The van der Waals surface area contributed by atoms with E-state index in [9.17, 15) is 61.3 Å². The summed E-state index contributed by atoms with van der Waals surface area (Å²) in [6.45, 7) is 12.9. The first kappa shape index (κ1) is 53.0. The minimum atomic E-state index is -1.77. The summed E-state index contributed by atoms with van der Waals surface area (Å²) in [6.07, 6.45) is -24.8. The van der Waals surface area contributed by atoms with Crippen molar-refractivity contribution in [3.8, 4) is 0 Å². The second kappa shape index (κ2) is 19.6. The maximum Gasteiger partial charge on any atom is 0.200 e. The molecule has 6 saturated heterocycles. The summed E-state index contributed by atoms with van der Waals surface area (Å²) in [5.74, 6) is -1.54. The van der Waals surface area contributed by atoms with Crippen molar-refractivity contribution in [1.29, 1.82) is 0 Å². The molecule has 4 aliphatic carbocycles. The molecule has 0 aromatic carbocycles. The summed E-state index contributed by atoms with van der Waals surface area (Å²) in [4.78, 5) is 0. The molecule has 71 heavy (non-hydrogen) atoms. The number of rotatable bonds is 8. The Labute approximate surface area is 411 Å². The fourth-order valence-electron chi connectivity index (χ4n) is 14.9. The lowest BCUT2D eigenvalue weighted by Crippen LogP contribution is -2.65. The highest BCUT2D eigenvalue weighted by Gasteiger charge is 2.72. The van der Waals surface area contributed by atoms with E-state index >= 15 is 0 Å². The molecular weight excluding hydrogens is 941 g/mol. The summed E-state index contributed by atoms with van der Waals surface area (Å²) < 4.78 is 62.4. The van der Waals surface area contributed by atoms with Crippen molar-refractivity contribution >= 4 is 0 Å². The van der Waals surface area contributed by atoms with Gasteiger partial charge in [0.1, 0.15) is 85.5 Å². The van der Waals surface area contributed by atoms with Crippen molar-refractivity contribution in [1.82, 2.24) is 0 Å². The fourth-order valence-corrected chi connectivity index (χ4v) is 14.9. The lowest BCUT2D eigenvalue weighted by molar-refractivity contribution is -0.382. The van der Waals surface area contributed by atoms with Crippen LogP contribution in [0.4, 0.5) is 0 Å². The van der Waals surface area contributed by atoms with Gasteiger partial charge in [0.2, 0.25) is 5.79 Å². The van der Waals surface area contributed by atoms with E-state index in [1.54, 1.807) is 6.92 Å². The van der Waals surface area contributed by atoms with Gasteiger partial charge in [0.05, 0.1) is 50.3 Å². The zero-order chi connectivity index (χ0) is 51.0. The molecule has 9 fully saturated rings. The van der Waals surface area contributed by atoms with Crippen LogP contribution in [-0.4, -0.2) is 228 Å². The highest BCUT2D eigenvalue weighted by atomic mass is 16.8. The van der Waals surface area contributed by atoms with Crippen molar-refractivity contribution in [2.45, 2.75) is 220 Å². The van der Waals surface area contributed by atoms with Gasteiger partial charge in [-0.2, -0.15) is 0 Å². The largest absolute Gasteiger partial charge is 0.393 e. The second-order valence-corrected chi connectivity index (χ2v) is 22.8. The lowest BCUT2D eigenvalue weighted by atomic mass is 9.46. The molecule has 0 aromatic heterocycles. The Morgan fingerprint density at radius 2 is 1.25 bits per heavy atom. The lowest BCUT2D eigenvalue weighted by Gasteiger charge is -2.60. The minimum Gasteiger partial charge on any atom is -0.393 e. The molecule has 12 N–H and O–H groups in total. The third-order valence-electron chi connectivity index (χ3n) is 19.0. The summed E-state index contributed by atoms with van der Waals surface area (Å²) in [6, 6.07) is 0. The van der Waals surface area contributed by atoms with Crippen molar-refractivity contribution in [3.05, 3.63) is 23.8 Å². The third kappa shape index (κ3) is 8.55. The number of aliphatic hydroxyl groups is 12. The molecule has 3 saturated carbocycles. The molecule has 6 aliphatic heterocycles. The maximum absolute atomic E-state index is 12.2. The number of allylic oxidation sites excluding steroid dienone is 1. The molecule has 404 valence electrons. The Morgan fingerprint density at radius 3 is 1.93 bits per heavy atom. The van der Waals surface area contributed by atoms with Crippen molar-refractivity contribution < 1.29 is 109 Å². The monoisotopic (exact) mass is 1020 g/mol. The molecule has 0 aromatic rings. The Balaban J connectivity index is 0.896. The van der Waals surface area contributed by atoms with E-state index in [1.165, 1.54) is 6.92 Å². The van der Waals surface area contributed by atoms with Gasteiger partial charge in [-0.25, -0.2) is 0 Å². The Bertz CT molecular complexity index is 1960. The molecule has 31 unspecified atom stereocenters. The van der Waals surface area contributed by atoms with Crippen LogP contribution in [0.25, 0.3) is 0 Å². The van der Waals surface area contributed by atoms with E-state index in [-0.39, 0.29) is 60.7 Å². The normalized spacial score (nSPS) is 58.4. The van der Waals surface area contributed by atoms with Gasteiger partial charge < -0.3 is 109 Å². The van der Waals surface area contributed by atoms with Gasteiger partial charge in [0.25, 0.3) is 0 Å². The van der Waals surface area contributed by atoms with Gasteiger partial charge in [-0.15, -0.1) is 0 Å². The number of aliphatic hydroxyl groups excluding tert-OH is 12. The van der Waals surface area contributed by atoms with E-state index in [2.05, 4.69) is 26.5 Å². The van der Waals surface area contributed by atoms with Crippen LogP contribution in [0.3, 0.4) is 0 Å². The first-order valence-electron chi connectivity index (χ1n) is 25.5. The van der Waals surface area contributed by atoms with Crippen LogP contribution in [0.2, 0.25) is 0 Å². The molecule has 6 heterocycles. The van der Waals surface area contributed by atoms with E-state index in [0.717, 1.165) is 24.8 Å². The van der Waals surface area contributed by atoms with Gasteiger partial charge in [-0.05, 0) is 80.6 Å². The molecule has 0 amide bonds. The number of hydrogen-bond acceptors (Lipinski definition) is 22. The molecule has 0 radical (unpaired) electrons. The van der Waals surface area contributed by atoms with Crippen LogP contribution >= 0.6 is 0 Å². The molecule has 22 nitrogen and oxygen atoms in total. The van der Waals surface area contributed by atoms with Gasteiger partial charge in [-0.3, -0.25) is 0 Å². The molecule has 1 spiro atoms. The smallest absolute Gasteiger partial charge is 0.200 e. The van der Waals surface area contributed by atoms with Crippen molar-refractivity contribution in [2.75, 3.05) is 19.8 Å². The predicted molar refractivity (Wildman–Crippen MR) is 238 cm³/mol. The second-order valence-electron chi connectivity index (χ2n) is 22.8. The SMILES string of the molecule is C=C1COC2(OC3CC4C5CC=C6CC(O)CC(OC7OCC(O)C(OC8OCC(O)C(O)C8O)C7OC7OC(C)C(O)C(O)C7O)C6(C)C5CCC4(C)C3C2C)C(O)C1OC1OC(C)C(O)C(O)C1O. The summed E-state index contributed by atoms with van der Waals surface area (Å²) in [5, 5.41) is 131. The zero-order valence-corrected chi connectivity index (χ0v) is 40.8. The molecule has 10 aliphatic rings. The standard InChI is InChI=1S/C49H76O22/c1-17-14-64-49(42(61)39(17)68-44-37(59)34(56)31(53)19(3)65-44)18(2)30-28(71-49)13-25-23-8-7-21-11-22(50)12-29(48(21,6)24(23)9-10-47(25,30)5)67-46-41(70-45-38(60)35(57)32(54)20(4)66-45)40(27(52)16-63-46)69-43-36(58)33(55)26(51)15-62-43/h7,18-20,22-46,50-61H,1,8-16H2,2-6H3. The van der Waals surface area contributed by atoms with E-state index in [4.69, 9.17) is 47.4 Å². The molecule has 0 bridgehead atoms. The van der Waals surface area contributed by atoms with Gasteiger partial charge in [-0.1, -0.05) is 39.0 Å². The summed E-state index contributed by atoms with van der Waals surface area (Å²) in [7, 11) is 0. The predicted octanol–water partition coefficient (Wildman–Crippen LogP) is -2.82. The Kier molecular flexibility index (Phi) is 14.6. The van der Waals surface area contributed by atoms with E-state index < -0.39 is 153 Å². The first-order valence-corrected chi connectivity index (χ1v) is 25.5. The fraction of sp³-hybridized carbons (Fsp3) is 0.918. The summed E-state index contributed by atoms with van der Waals surface area (Å²) in [5.41, 5.74) is 0.489. The quantitative estimate of drug-likeness (QED) is 0.109. The van der Waals surface area contributed by atoms with Crippen molar-refractivity contribution in [2.24, 2.45) is 40.4 Å². The van der Waals surface area contributed by atoms with Gasteiger partial charge in [0, 0.05) is 17.8 Å². The van der Waals surface area contributed by atoms with E-state index in [1.807, 2.05) is 6.92 Å². The van der Waals surface area contributed by atoms with Crippen molar-refractivity contribution in [3.63, 3.8) is 0 Å². The molecule has 10 rings (SSSR count). The molecular formula is C49H76O22. The van der Waals surface area contributed by atoms with Crippen LogP contribution in [0, 0.1) is 40.4 Å². The maximum atomic E-state index is 12.2. The van der Waals surface area contributed by atoms with Crippen LogP contribution in [-0.2, 0) is 47.4 Å². The third-order valence-corrected chi connectivity index (χ3v) is 19.0.